The van der Waals surface area contributed by atoms with Gasteiger partial charge in [-0.05, 0) is 32.9 Å². The van der Waals surface area contributed by atoms with Crippen molar-refractivity contribution in [2.45, 2.75) is 26.9 Å². The van der Waals surface area contributed by atoms with Crippen molar-refractivity contribution < 1.29 is 14.3 Å². The van der Waals surface area contributed by atoms with Gasteiger partial charge in [0.15, 0.2) is 17.6 Å². The minimum Gasteiger partial charge on any atom is -0.493 e. The van der Waals surface area contributed by atoms with E-state index in [9.17, 15) is 4.79 Å². The number of methoxy groups -OCH3 is 1. The fraction of sp³-hybridized carbons (Fsp3) is 0.500. The van der Waals surface area contributed by atoms with Crippen molar-refractivity contribution in [2.24, 2.45) is 0 Å². The Hall–Kier alpha value is -1.71. The van der Waals surface area contributed by atoms with Crippen LogP contribution in [-0.4, -0.2) is 37.1 Å². The Bertz CT molecular complexity index is 388. The highest BCUT2D eigenvalue weighted by Gasteiger charge is 2.20. The lowest BCUT2D eigenvalue weighted by Crippen LogP contribution is -2.40. The first-order valence-corrected chi connectivity index (χ1v) is 6.22. The molecule has 18 heavy (non-hydrogen) atoms. The Morgan fingerprint density at radius 1 is 1.22 bits per heavy atom. The number of para-hydroxylation sites is 2. The molecule has 0 heterocycles. The van der Waals surface area contributed by atoms with Crippen molar-refractivity contribution >= 4 is 5.91 Å². The monoisotopic (exact) mass is 251 g/mol. The second-order valence-corrected chi connectivity index (χ2v) is 3.92. The molecular weight excluding hydrogens is 230 g/mol. The summed E-state index contributed by atoms with van der Waals surface area (Å²) in [5.74, 6) is 1.22. The third kappa shape index (κ3) is 3.39. The summed E-state index contributed by atoms with van der Waals surface area (Å²) in [6.07, 6.45) is -0.513. The SMILES string of the molecule is CCN(CC)C(=O)[C@H](C)Oc1ccccc1OC. The summed E-state index contributed by atoms with van der Waals surface area (Å²) in [6.45, 7) is 7.05. The van der Waals surface area contributed by atoms with Crippen molar-refractivity contribution in [3.63, 3.8) is 0 Å². The van der Waals surface area contributed by atoms with Crippen LogP contribution in [0.15, 0.2) is 24.3 Å². The highest BCUT2D eigenvalue weighted by Crippen LogP contribution is 2.26. The smallest absolute Gasteiger partial charge is 0.263 e. The number of likely N-dealkylation sites (N-methyl/N-ethyl adjacent to an activating group) is 1. The van der Waals surface area contributed by atoms with E-state index >= 15 is 0 Å². The first kappa shape index (κ1) is 14.4. The zero-order valence-electron chi connectivity index (χ0n) is 11.5. The van der Waals surface area contributed by atoms with Crippen LogP contribution in [0.3, 0.4) is 0 Å². The van der Waals surface area contributed by atoms with Crippen molar-refractivity contribution in [3.8, 4) is 11.5 Å². The molecule has 0 spiro atoms. The van der Waals surface area contributed by atoms with Crippen LogP contribution in [0.25, 0.3) is 0 Å². The number of rotatable bonds is 6. The Morgan fingerprint density at radius 3 is 2.28 bits per heavy atom. The molecule has 0 N–H and O–H groups in total. The lowest BCUT2D eigenvalue weighted by atomic mass is 10.3. The van der Waals surface area contributed by atoms with Gasteiger partial charge < -0.3 is 14.4 Å². The maximum atomic E-state index is 12.1. The lowest BCUT2D eigenvalue weighted by molar-refractivity contribution is -0.137. The first-order valence-electron chi connectivity index (χ1n) is 6.22. The standard InChI is InChI=1S/C14H21NO3/c1-5-15(6-2)14(16)11(3)18-13-10-8-7-9-12(13)17-4/h7-11H,5-6H2,1-4H3/t11-/m0/s1. The van der Waals surface area contributed by atoms with Gasteiger partial charge in [0.25, 0.3) is 5.91 Å². The fourth-order valence-electron chi connectivity index (χ4n) is 1.75. The third-order valence-electron chi connectivity index (χ3n) is 2.80. The molecular formula is C14H21NO3. The number of hydrogen-bond donors (Lipinski definition) is 0. The average molecular weight is 251 g/mol. The van der Waals surface area contributed by atoms with Crippen LogP contribution < -0.4 is 9.47 Å². The van der Waals surface area contributed by atoms with Gasteiger partial charge in [0.2, 0.25) is 0 Å². The van der Waals surface area contributed by atoms with Crippen LogP contribution in [0.5, 0.6) is 11.5 Å². The van der Waals surface area contributed by atoms with Crippen molar-refractivity contribution in [3.05, 3.63) is 24.3 Å². The van der Waals surface area contributed by atoms with Gasteiger partial charge in [0.1, 0.15) is 0 Å². The highest BCUT2D eigenvalue weighted by atomic mass is 16.5. The van der Waals surface area contributed by atoms with Crippen LogP contribution in [0, 0.1) is 0 Å². The largest absolute Gasteiger partial charge is 0.493 e. The minimum absolute atomic E-state index is 0.00842. The van der Waals surface area contributed by atoms with Crippen LogP contribution in [0.1, 0.15) is 20.8 Å². The molecule has 1 rings (SSSR count). The van der Waals surface area contributed by atoms with Crippen LogP contribution in [0.4, 0.5) is 0 Å². The lowest BCUT2D eigenvalue weighted by Gasteiger charge is -2.23. The molecule has 0 fully saturated rings. The summed E-state index contributed by atoms with van der Waals surface area (Å²) < 4.78 is 10.9. The Kier molecular flexibility index (Phi) is 5.49. The van der Waals surface area contributed by atoms with Gasteiger partial charge in [0.05, 0.1) is 7.11 Å². The van der Waals surface area contributed by atoms with Crippen LogP contribution >= 0.6 is 0 Å². The number of ether oxygens (including phenoxy) is 2. The molecule has 0 aliphatic carbocycles. The molecule has 0 bridgehead atoms. The normalized spacial score (nSPS) is 11.8. The van der Waals surface area contributed by atoms with Gasteiger partial charge in [-0.3, -0.25) is 4.79 Å². The van der Waals surface area contributed by atoms with Gasteiger partial charge in [-0.2, -0.15) is 0 Å². The molecule has 0 radical (unpaired) electrons. The van der Waals surface area contributed by atoms with Crippen molar-refractivity contribution in [1.82, 2.24) is 4.90 Å². The van der Waals surface area contributed by atoms with E-state index in [0.717, 1.165) is 0 Å². The molecule has 0 saturated carbocycles. The van der Waals surface area contributed by atoms with E-state index in [-0.39, 0.29) is 5.91 Å². The van der Waals surface area contributed by atoms with E-state index in [2.05, 4.69) is 0 Å². The van der Waals surface area contributed by atoms with Crippen molar-refractivity contribution in [1.29, 1.82) is 0 Å². The molecule has 0 saturated heterocycles. The predicted octanol–water partition coefficient (Wildman–Crippen LogP) is 2.33. The van der Waals surface area contributed by atoms with Crippen LogP contribution in [0.2, 0.25) is 0 Å². The number of carbonyl (C=O) groups excluding carboxylic acids is 1. The van der Waals surface area contributed by atoms with E-state index in [0.29, 0.717) is 24.6 Å². The minimum atomic E-state index is -0.513. The molecule has 0 aliphatic rings. The van der Waals surface area contributed by atoms with E-state index in [1.54, 1.807) is 25.0 Å². The van der Waals surface area contributed by atoms with Crippen molar-refractivity contribution in [2.75, 3.05) is 20.2 Å². The quantitative estimate of drug-likeness (QED) is 0.779. The average Bonchev–Trinajstić information content (AvgIpc) is 2.40. The molecule has 100 valence electrons. The summed E-state index contributed by atoms with van der Waals surface area (Å²) in [5, 5.41) is 0. The van der Waals surface area contributed by atoms with Gasteiger partial charge >= 0.3 is 0 Å². The summed E-state index contributed by atoms with van der Waals surface area (Å²) in [7, 11) is 1.58. The van der Waals surface area contributed by atoms with Gasteiger partial charge in [-0.25, -0.2) is 0 Å². The summed E-state index contributed by atoms with van der Waals surface area (Å²) in [6, 6.07) is 7.32. The summed E-state index contributed by atoms with van der Waals surface area (Å²) in [5.41, 5.74) is 0. The molecule has 4 nitrogen and oxygen atoms in total. The molecule has 1 atom stereocenters. The van der Waals surface area contributed by atoms with E-state index in [1.807, 2.05) is 32.0 Å². The predicted molar refractivity (Wildman–Crippen MR) is 71.0 cm³/mol. The van der Waals surface area contributed by atoms with Gasteiger partial charge in [0, 0.05) is 13.1 Å². The highest BCUT2D eigenvalue weighted by molar-refractivity contribution is 5.80. The molecule has 0 aromatic heterocycles. The maximum absolute atomic E-state index is 12.1. The van der Waals surface area contributed by atoms with Crippen LogP contribution in [-0.2, 0) is 4.79 Å². The van der Waals surface area contributed by atoms with Gasteiger partial charge in [-0.1, -0.05) is 12.1 Å². The molecule has 0 aliphatic heterocycles. The Labute approximate surface area is 108 Å². The maximum Gasteiger partial charge on any atom is 0.263 e. The Balaban J connectivity index is 2.74. The molecule has 1 aromatic carbocycles. The number of benzene rings is 1. The summed E-state index contributed by atoms with van der Waals surface area (Å²) >= 11 is 0. The Morgan fingerprint density at radius 2 is 1.78 bits per heavy atom. The number of amides is 1. The zero-order chi connectivity index (χ0) is 13.5. The second-order valence-electron chi connectivity index (χ2n) is 3.92. The second kappa shape index (κ2) is 6.89. The number of carbonyl (C=O) groups is 1. The number of hydrogen-bond acceptors (Lipinski definition) is 3. The molecule has 0 unspecified atom stereocenters. The summed E-state index contributed by atoms with van der Waals surface area (Å²) in [4.78, 5) is 13.8. The molecule has 4 heteroatoms. The first-order chi connectivity index (χ1) is 8.63. The zero-order valence-corrected chi connectivity index (χ0v) is 11.5. The van der Waals surface area contributed by atoms with E-state index < -0.39 is 6.10 Å². The molecule has 1 amide bonds. The van der Waals surface area contributed by atoms with Gasteiger partial charge in [-0.15, -0.1) is 0 Å². The number of nitrogens with zero attached hydrogens (tertiary/aromatic N) is 1. The fourth-order valence-corrected chi connectivity index (χ4v) is 1.75. The van der Waals surface area contributed by atoms with E-state index in [1.165, 1.54) is 0 Å². The van der Waals surface area contributed by atoms with E-state index in [4.69, 9.17) is 9.47 Å². The topological polar surface area (TPSA) is 38.8 Å². The molecule has 1 aromatic rings. The third-order valence-corrected chi connectivity index (χ3v) is 2.80.